The maximum absolute atomic E-state index is 5.25. The molecule has 0 unspecified atom stereocenters. The van der Waals surface area contributed by atoms with Gasteiger partial charge in [-0.3, -0.25) is 0 Å². The molecule has 0 aliphatic heterocycles. The van der Waals surface area contributed by atoms with Gasteiger partial charge in [0, 0.05) is 5.69 Å². The largest absolute Gasteiger partial charge is 0.467 e. The van der Waals surface area contributed by atoms with Gasteiger partial charge < -0.3 is 15.1 Å². The molecule has 0 atom stereocenters. The number of anilines is 1. The van der Waals surface area contributed by atoms with E-state index >= 15 is 0 Å². The zero-order valence-electron chi connectivity index (χ0n) is 12.1. The van der Waals surface area contributed by atoms with E-state index in [-0.39, 0.29) is 5.41 Å². The Morgan fingerprint density at radius 1 is 1.15 bits per heavy atom. The molecule has 2 rings (SSSR count). The van der Waals surface area contributed by atoms with Gasteiger partial charge in [0.15, 0.2) is 5.11 Å². The van der Waals surface area contributed by atoms with E-state index in [2.05, 4.69) is 43.5 Å². The Hall–Kier alpha value is -1.81. The van der Waals surface area contributed by atoms with Gasteiger partial charge in [0.1, 0.15) is 5.76 Å². The third kappa shape index (κ3) is 4.10. The van der Waals surface area contributed by atoms with Crippen molar-refractivity contribution >= 4 is 23.0 Å². The second-order valence-corrected chi connectivity index (χ2v) is 6.12. The zero-order valence-corrected chi connectivity index (χ0v) is 12.9. The van der Waals surface area contributed by atoms with Crippen molar-refractivity contribution in [1.82, 2.24) is 5.32 Å². The number of hydrogen-bond donors (Lipinski definition) is 2. The molecule has 0 saturated carbocycles. The Balaban J connectivity index is 1.88. The number of furan rings is 1. The molecular weight excluding hydrogens is 268 g/mol. The predicted molar refractivity (Wildman–Crippen MR) is 86.9 cm³/mol. The fourth-order valence-corrected chi connectivity index (χ4v) is 2.00. The molecule has 2 aromatic rings. The minimum absolute atomic E-state index is 0.163. The summed E-state index contributed by atoms with van der Waals surface area (Å²) < 4.78 is 5.24. The van der Waals surface area contributed by atoms with Crippen molar-refractivity contribution < 1.29 is 4.42 Å². The summed E-state index contributed by atoms with van der Waals surface area (Å²) in [7, 11) is 0. The average Bonchev–Trinajstić information content (AvgIpc) is 2.89. The minimum Gasteiger partial charge on any atom is -0.467 e. The van der Waals surface area contributed by atoms with Crippen molar-refractivity contribution in [3.05, 3.63) is 54.0 Å². The first-order valence-electron chi connectivity index (χ1n) is 6.63. The topological polar surface area (TPSA) is 37.2 Å². The van der Waals surface area contributed by atoms with Gasteiger partial charge in [0.05, 0.1) is 12.8 Å². The molecule has 20 heavy (non-hydrogen) atoms. The summed E-state index contributed by atoms with van der Waals surface area (Å²) in [4.78, 5) is 0. The molecule has 0 amide bonds. The highest BCUT2D eigenvalue weighted by molar-refractivity contribution is 7.80. The molecule has 2 N–H and O–H groups in total. The molecule has 3 nitrogen and oxygen atoms in total. The molecule has 1 aromatic carbocycles. The van der Waals surface area contributed by atoms with Crippen LogP contribution in [0.25, 0.3) is 0 Å². The van der Waals surface area contributed by atoms with Gasteiger partial charge >= 0.3 is 0 Å². The fourth-order valence-electron chi connectivity index (χ4n) is 1.81. The van der Waals surface area contributed by atoms with Crippen LogP contribution >= 0.6 is 12.2 Å². The fraction of sp³-hybridized carbons (Fsp3) is 0.312. The highest BCUT2D eigenvalue weighted by Gasteiger charge is 2.12. The van der Waals surface area contributed by atoms with Crippen molar-refractivity contribution in [1.29, 1.82) is 0 Å². The molecule has 0 spiro atoms. The molecule has 0 fully saturated rings. The lowest BCUT2D eigenvalue weighted by atomic mass is 9.87. The van der Waals surface area contributed by atoms with Gasteiger partial charge in [-0.25, -0.2) is 0 Å². The van der Waals surface area contributed by atoms with Crippen molar-refractivity contribution in [2.75, 3.05) is 5.32 Å². The summed E-state index contributed by atoms with van der Waals surface area (Å²) in [5, 5.41) is 6.85. The lowest BCUT2D eigenvalue weighted by Crippen LogP contribution is -2.27. The minimum atomic E-state index is 0.163. The molecule has 0 radical (unpaired) electrons. The maximum atomic E-state index is 5.25. The third-order valence-electron chi connectivity index (χ3n) is 3.01. The van der Waals surface area contributed by atoms with Crippen LogP contribution in [0.3, 0.4) is 0 Å². The number of nitrogens with one attached hydrogen (secondary N) is 2. The normalized spacial score (nSPS) is 11.2. The first kappa shape index (κ1) is 14.6. The van der Waals surface area contributed by atoms with Crippen LogP contribution in [0.1, 0.15) is 32.1 Å². The standard InChI is InChI=1S/C16H20N2OS/c1-16(2,3)12-6-8-13(9-7-12)18-15(20)17-11-14-5-4-10-19-14/h4-10H,11H2,1-3H3,(H2,17,18,20). The van der Waals surface area contributed by atoms with E-state index in [1.165, 1.54) is 5.56 Å². The molecule has 1 heterocycles. The summed E-state index contributed by atoms with van der Waals surface area (Å²) in [5.41, 5.74) is 2.45. The van der Waals surface area contributed by atoms with Crippen LogP contribution < -0.4 is 10.6 Å². The van der Waals surface area contributed by atoms with E-state index in [0.717, 1.165) is 11.4 Å². The van der Waals surface area contributed by atoms with Crippen LogP contribution in [0.2, 0.25) is 0 Å². The van der Waals surface area contributed by atoms with Crippen LogP contribution in [0.5, 0.6) is 0 Å². The van der Waals surface area contributed by atoms with Gasteiger partial charge in [0.25, 0.3) is 0 Å². The van der Waals surface area contributed by atoms with E-state index < -0.39 is 0 Å². The smallest absolute Gasteiger partial charge is 0.171 e. The summed E-state index contributed by atoms with van der Waals surface area (Å²) >= 11 is 5.25. The first-order valence-corrected chi connectivity index (χ1v) is 7.04. The predicted octanol–water partition coefficient (Wildman–Crippen LogP) is 4.06. The van der Waals surface area contributed by atoms with E-state index in [4.69, 9.17) is 16.6 Å². The van der Waals surface area contributed by atoms with E-state index in [1.54, 1.807) is 6.26 Å². The van der Waals surface area contributed by atoms with Crippen LogP contribution in [-0.2, 0) is 12.0 Å². The summed E-state index contributed by atoms with van der Waals surface area (Å²) in [6, 6.07) is 12.1. The van der Waals surface area contributed by atoms with Crippen molar-refractivity contribution in [2.45, 2.75) is 32.7 Å². The number of rotatable bonds is 3. The number of benzene rings is 1. The van der Waals surface area contributed by atoms with Crippen LogP contribution in [0.15, 0.2) is 47.1 Å². The monoisotopic (exact) mass is 288 g/mol. The van der Waals surface area contributed by atoms with E-state index in [1.807, 2.05) is 24.3 Å². The number of thiocarbonyl (C=S) groups is 1. The molecule has 4 heteroatoms. The SMILES string of the molecule is CC(C)(C)c1ccc(NC(=S)NCc2ccco2)cc1. The van der Waals surface area contributed by atoms with Gasteiger partial charge in [-0.2, -0.15) is 0 Å². The lowest BCUT2D eigenvalue weighted by Gasteiger charge is -2.19. The maximum Gasteiger partial charge on any atom is 0.171 e. The van der Waals surface area contributed by atoms with Gasteiger partial charge in [-0.05, 0) is 47.5 Å². The molecule has 106 valence electrons. The van der Waals surface area contributed by atoms with Crippen LogP contribution in [0.4, 0.5) is 5.69 Å². The molecule has 0 bridgehead atoms. The Kier molecular flexibility index (Phi) is 4.45. The van der Waals surface area contributed by atoms with Crippen molar-refractivity contribution in [3.63, 3.8) is 0 Å². The Morgan fingerprint density at radius 2 is 1.85 bits per heavy atom. The highest BCUT2D eigenvalue weighted by atomic mass is 32.1. The van der Waals surface area contributed by atoms with E-state index in [0.29, 0.717) is 11.7 Å². The quantitative estimate of drug-likeness (QED) is 0.835. The van der Waals surface area contributed by atoms with Gasteiger partial charge in [-0.1, -0.05) is 32.9 Å². The molecule has 0 aliphatic carbocycles. The number of hydrogen-bond acceptors (Lipinski definition) is 2. The van der Waals surface area contributed by atoms with Crippen molar-refractivity contribution in [3.8, 4) is 0 Å². The Labute approximate surface area is 125 Å². The molecular formula is C16H20N2OS. The van der Waals surface area contributed by atoms with Crippen molar-refractivity contribution in [2.24, 2.45) is 0 Å². The Bertz CT molecular complexity index is 553. The second kappa shape index (κ2) is 6.09. The lowest BCUT2D eigenvalue weighted by molar-refractivity contribution is 0.503. The molecule has 0 saturated heterocycles. The highest BCUT2D eigenvalue weighted by Crippen LogP contribution is 2.23. The van der Waals surface area contributed by atoms with Gasteiger partial charge in [-0.15, -0.1) is 0 Å². The summed E-state index contributed by atoms with van der Waals surface area (Å²) in [5.74, 6) is 0.859. The van der Waals surface area contributed by atoms with E-state index in [9.17, 15) is 0 Å². The second-order valence-electron chi connectivity index (χ2n) is 5.71. The Morgan fingerprint density at radius 3 is 2.40 bits per heavy atom. The zero-order chi connectivity index (χ0) is 14.6. The molecule has 1 aromatic heterocycles. The summed E-state index contributed by atoms with van der Waals surface area (Å²) in [6.45, 7) is 7.18. The summed E-state index contributed by atoms with van der Waals surface area (Å²) in [6.07, 6.45) is 1.65. The average molecular weight is 288 g/mol. The first-order chi connectivity index (χ1) is 9.45. The van der Waals surface area contributed by atoms with Crippen LogP contribution in [0, 0.1) is 0 Å². The third-order valence-corrected chi connectivity index (χ3v) is 3.26. The van der Waals surface area contributed by atoms with Gasteiger partial charge in [0.2, 0.25) is 0 Å². The van der Waals surface area contributed by atoms with Crippen LogP contribution in [-0.4, -0.2) is 5.11 Å². The molecule has 0 aliphatic rings.